The number of nitrogens with one attached hydrogen (secondary N) is 1. The molecule has 1 saturated carbocycles. The third kappa shape index (κ3) is 2.76. The van der Waals surface area contributed by atoms with Crippen LogP contribution in [0.25, 0.3) is 0 Å². The Morgan fingerprint density at radius 3 is 2.83 bits per heavy atom. The molecular weight excluding hydrogens is 341 g/mol. The van der Waals surface area contributed by atoms with Crippen LogP contribution in [0.5, 0.6) is 0 Å². The van der Waals surface area contributed by atoms with E-state index in [2.05, 4.69) is 29.6 Å². The molecule has 0 aromatic heterocycles. The molecule has 2 aliphatic rings. The van der Waals surface area contributed by atoms with E-state index in [0.717, 1.165) is 12.0 Å². The van der Waals surface area contributed by atoms with Gasteiger partial charge in [-0.2, -0.15) is 0 Å². The Morgan fingerprint density at radius 1 is 1.25 bits per heavy atom. The van der Waals surface area contributed by atoms with Gasteiger partial charge >= 0.3 is 0 Å². The van der Waals surface area contributed by atoms with Crippen molar-refractivity contribution in [1.29, 1.82) is 0 Å². The number of halogens is 2. The maximum absolute atomic E-state index is 6.25. The zero-order valence-corrected chi connectivity index (χ0v) is 14.9. The normalized spacial score (nSPS) is 25.8. The molecule has 2 aromatic rings. The highest BCUT2D eigenvalue weighted by Crippen LogP contribution is 2.58. The van der Waals surface area contributed by atoms with Crippen molar-refractivity contribution in [2.75, 3.05) is 0 Å². The summed E-state index contributed by atoms with van der Waals surface area (Å²) in [5.74, 6) is 1.62. The van der Waals surface area contributed by atoms with Gasteiger partial charge in [0.05, 0.1) is 12.1 Å². The number of hydrogen-bond donors (Lipinski definition) is 2. The van der Waals surface area contributed by atoms with Crippen molar-refractivity contribution in [3.05, 3.63) is 69.2 Å². The van der Waals surface area contributed by atoms with Crippen LogP contribution in [0.4, 0.5) is 0 Å². The SMILES string of the molecule is CC(NC(N)=NC1C2Cc3ccccc3C21)c1ccc(Cl)cc1Cl. The van der Waals surface area contributed by atoms with E-state index in [1.165, 1.54) is 11.1 Å². The van der Waals surface area contributed by atoms with Crippen molar-refractivity contribution >= 4 is 29.2 Å². The second-order valence-electron chi connectivity index (χ2n) is 6.63. The number of nitrogens with two attached hydrogens (primary N) is 1. The Bertz CT molecular complexity index is 818. The standard InChI is InChI=1S/C19H19Cl2N3/c1-10(13-7-6-12(20)9-16(13)21)23-19(22)24-18-15-8-11-4-2-3-5-14(11)17(15)18/h2-7,9-10,15,17-18H,8H2,1H3,(H3,22,23,24). The fourth-order valence-corrected chi connectivity index (χ4v) is 4.42. The van der Waals surface area contributed by atoms with Gasteiger partial charge in [-0.25, -0.2) is 4.99 Å². The first-order chi connectivity index (χ1) is 11.5. The third-order valence-corrected chi connectivity index (χ3v) is 5.64. The molecule has 124 valence electrons. The van der Waals surface area contributed by atoms with Crippen LogP contribution in [0.15, 0.2) is 47.5 Å². The molecule has 2 aromatic carbocycles. The highest BCUT2D eigenvalue weighted by atomic mass is 35.5. The predicted octanol–water partition coefficient (Wildman–Crippen LogP) is 4.30. The van der Waals surface area contributed by atoms with Gasteiger partial charge in [0.15, 0.2) is 5.96 Å². The van der Waals surface area contributed by atoms with E-state index in [1.807, 2.05) is 19.1 Å². The van der Waals surface area contributed by atoms with Crippen molar-refractivity contribution in [3.63, 3.8) is 0 Å². The topological polar surface area (TPSA) is 50.4 Å². The predicted molar refractivity (Wildman–Crippen MR) is 99.8 cm³/mol. The van der Waals surface area contributed by atoms with Gasteiger partial charge in [0.2, 0.25) is 0 Å². The van der Waals surface area contributed by atoms with Crippen LogP contribution < -0.4 is 11.1 Å². The lowest BCUT2D eigenvalue weighted by Crippen LogP contribution is -2.34. The Hall–Kier alpha value is -1.71. The first-order valence-corrected chi connectivity index (χ1v) is 8.92. The molecule has 0 heterocycles. The average molecular weight is 360 g/mol. The largest absolute Gasteiger partial charge is 0.370 e. The number of rotatable bonds is 3. The number of nitrogens with zero attached hydrogens (tertiary/aromatic N) is 1. The van der Waals surface area contributed by atoms with Crippen LogP contribution in [0.1, 0.15) is 35.6 Å². The second-order valence-corrected chi connectivity index (χ2v) is 7.47. The Kier molecular flexibility index (Phi) is 3.93. The maximum Gasteiger partial charge on any atom is 0.189 e. The molecule has 0 aliphatic heterocycles. The lowest BCUT2D eigenvalue weighted by atomic mass is 10.1. The lowest BCUT2D eigenvalue weighted by molar-refractivity contribution is 0.702. The summed E-state index contributed by atoms with van der Waals surface area (Å²) >= 11 is 12.2. The smallest absolute Gasteiger partial charge is 0.189 e. The number of aliphatic imine (C=N–C) groups is 1. The second kappa shape index (κ2) is 5.98. The quantitative estimate of drug-likeness (QED) is 0.634. The monoisotopic (exact) mass is 359 g/mol. The molecule has 0 spiro atoms. The van der Waals surface area contributed by atoms with Crippen LogP contribution in [0, 0.1) is 5.92 Å². The summed E-state index contributed by atoms with van der Waals surface area (Å²) in [4.78, 5) is 4.70. The van der Waals surface area contributed by atoms with Crippen molar-refractivity contribution < 1.29 is 0 Å². The highest BCUT2D eigenvalue weighted by molar-refractivity contribution is 6.35. The molecule has 1 fully saturated rings. The summed E-state index contributed by atoms with van der Waals surface area (Å²) in [6.45, 7) is 2.01. The zero-order chi connectivity index (χ0) is 16.8. The molecule has 5 heteroatoms. The van der Waals surface area contributed by atoms with Crippen molar-refractivity contribution in [3.8, 4) is 0 Å². The van der Waals surface area contributed by atoms with Gasteiger partial charge in [-0.3, -0.25) is 0 Å². The Morgan fingerprint density at radius 2 is 2.04 bits per heavy atom. The molecule has 0 amide bonds. The Labute approximate surface area is 151 Å². The molecule has 4 atom stereocenters. The molecule has 3 nitrogen and oxygen atoms in total. The number of benzene rings is 2. The lowest BCUT2D eigenvalue weighted by Gasteiger charge is -2.16. The molecule has 0 bridgehead atoms. The minimum absolute atomic E-state index is 0.0237. The average Bonchev–Trinajstić information content (AvgIpc) is 3.03. The van der Waals surface area contributed by atoms with E-state index >= 15 is 0 Å². The zero-order valence-electron chi connectivity index (χ0n) is 13.3. The van der Waals surface area contributed by atoms with Crippen LogP contribution in [-0.2, 0) is 6.42 Å². The van der Waals surface area contributed by atoms with Crippen molar-refractivity contribution in [1.82, 2.24) is 5.32 Å². The molecule has 24 heavy (non-hydrogen) atoms. The van der Waals surface area contributed by atoms with Gasteiger partial charge in [0.1, 0.15) is 0 Å². The Balaban J connectivity index is 1.44. The van der Waals surface area contributed by atoms with E-state index in [9.17, 15) is 0 Å². The van der Waals surface area contributed by atoms with Gasteiger partial charge in [-0.1, -0.05) is 53.5 Å². The summed E-state index contributed by atoms with van der Waals surface area (Å²) in [7, 11) is 0. The van der Waals surface area contributed by atoms with Gasteiger partial charge in [0, 0.05) is 16.0 Å². The van der Waals surface area contributed by atoms with Crippen molar-refractivity contribution in [2.45, 2.75) is 31.3 Å². The minimum Gasteiger partial charge on any atom is -0.370 e. The van der Waals surface area contributed by atoms with Gasteiger partial charge < -0.3 is 11.1 Å². The van der Waals surface area contributed by atoms with Crippen molar-refractivity contribution in [2.24, 2.45) is 16.6 Å². The number of hydrogen-bond acceptors (Lipinski definition) is 1. The fraction of sp³-hybridized carbons (Fsp3) is 0.316. The van der Waals surface area contributed by atoms with E-state index in [1.54, 1.807) is 6.07 Å². The minimum atomic E-state index is -0.0237. The third-order valence-electron chi connectivity index (χ3n) is 5.08. The van der Waals surface area contributed by atoms with Gasteiger partial charge in [-0.05, 0) is 48.1 Å². The van der Waals surface area contributed by atoms with E-state index in [-0.39, 0.29) is 6.04 Å². The summed E-state index contributed by atoms with van der Waals surface area (Å²) in [5, 5.41) is 4.50. The van der Waals surface area contributed by atoms with Gasteiger partial charge in [0.25, 0.3) is 0 Å². The number of guanidine groups is 1. The number of fused-ring (bicyclic) bond motifs is 3. The summed E-state index contributed by atoms with van der Waals surface area (Å²) in [5.41, 5.74) is 9.99. The maximum atomic E-state index is 6.25. The first-order valence-electron chi connectivity index (χ1n) is 8.17. The molecule has 3 N–H and O–H groups in total. The van der Waals surface area contributed by atoms with Crippen LogP contribution in [0.2, 0.25) is 10.0 Å². The molecular formula is C19H19Cl2N3. The highest BCUT2D eigenvalue weighted by Gasteiger charge is 2.55. The van der Waals surface area contributed by atoms with Crippen LogP contribution in [0.3, 0.4) is 0 Å². The molecule has 0 radical (unpaired) electrons. The molecule has 2 aliphatic carbocycles. The van der Waals surface area contributed by atoms with Crippen LogP contribution >= 0.6 is 23.2 Å². The van der Waals surface area contributed by atoms with Gasteiger partial charge in [-0.15, -0.1) is 0 Å². The molecule has 0 saturated heterocycles. The van der Waals surface area contributed by atoms with E-state index < -0.39 is 0 Å². The van der Waals surface area contributed by atoms with E-state index in [4.69, 9.17) is 33.9 Å². The molecule has 4 rings (SSSR count). The van der Waals surface area contributed by atoms with Crippen LogP contribution in [-0.4, -0.2) is 12.0 Å². The summed E-state index contributed by atoms with van der Waals surface area (Å²) in [6.07, 6.45) is 1.11. The summed E-state index contributed by atoms with van der Waals surface area (Å²) in [6, 6.07) is 14.4. The molecule has 4 unspecified atom stereocenters. The summed E-state index contributed by atoms with van der Waals surface area (Å²) < 4.78 is 0. The fourth-order valence-electron chi connectivity index (χ4n) is 3.84. The first kappa shape index (κ1) is 15.8. The van der Waals surface area contributed by atoms with E-state index in [0.29, 0.717) is 33.9 Å².